The second-order valence-corrected chi connectivity index (χ2v) is 8.86. The van der Waals surface area contributed by atoms with Crippen molar-refractivity contribution < 1.29 is 19.1 Å². The Labute approximate surface area is 183 Å². The quantitative estimate of drug-likeness (QED) is 0.744. The lowest BCUT2D eigenvalue weighted by molar-refractivity contribution is -0.140. The third-order valence-corrected chi connectivity index (χ3v) is 7.08. The Hall–Kier alpha value is -2.77. The maximum Gasteiger partial charge on any atom is 0.325 e. The van der Waals surface area contributed by atoms with Gasteiger partial charge in [0, 0.05) is 31.9 Å². The number of imide groups is 1. The van der Waals surface area contributed by atoms with Gasteiger partial charge >= 0.3 is 6.03 Å². The standard InChI is InChI=1S/C23H32N4O4/c1-17-6-3-4-11-23(17)21(29)27(22(30)24-23)16-20(28)26-13-5-12-25(14-15-26)18-7-9-19(31-2)10-8-18/h7-10,17H,3-6,11-16H2,1-2H3,(H,24,30). The average Bonchev–Trinajstić information content (AvgIpc) is 2.95. The van der Waals surface area contributed by atoms with Crippen molar-refractivity contribution in [1.29, 1.82) is 0 Å². The highest BCUT2D eigenvalue weighted by Gasteiger charge is 2.55. The van der Waals surface area contributed by atoms with Gasteiger partial charge in [0.1, 0.15) is 17.8 Å². The topological polar surface area (TPSA) is 82.2 Å². The molecule has 1 spiro atoms. The van der Waals surface area contributed by atoms with E-state index in [1.54, 1.807) is 12.0 Å². The van der Waals surface area contributed by atoms with E-state index in [4.69, 9.17) is 4.74 Å². The van der Waals surface area contributed by atoms with Gasteiger partial charge in [-0.1, -0.05) is 19.8 Å². The summed E-state index contributed by atoms with van der Waals surface area (Å²) in [4.78, 5) is 43.9. The fourth-order valence-electron chi connectivity index (χ4n) is 5.09. The summed E-state index contributed by atoms with van der Waals surface area (Å²) in [5.41, 5.74) is 0.275. The zero-order valence-corrected chi connectivity index (χ0v) is 18.4. The molecule has 31 heavy (non-hydrogen) atoms. The molecule has 1 aliphatic carbocycles. The first kappa shape index (κ1) is 21.5. The highest BCUT2D eigenvalue weighted by atomic mass is 16.5. The van der Waals surface area contributed by atoms with Crippen molar-refractivity contribution in [3.05, 3.63) is 24.3 Å². The highest BCUT2D eigenvalue weighted by Crippen LogP contribution is 2.38. The van der Waals surface area contributed by atoms with Crippen LogP contribution in [0.3, 0.4) is 0 Å². The van der Waals surface area contributed by atoms with Crippen LogP contribution in [0.4, 0.5) is 10.5 Å². The molecule has 4 amide bonds. The highest BCUT2D eigenvalue weighted by molar-refractivity contribution is 6.09. The van der Waals surface area contributed by atoms with Gasteiger partial charge in [-0.15, -0.1) is 0 Å². The molecule has 1 aromatic rings. The van der Waals surface area contributed by atoms with Gasteiger partial charge in [-0.25, -0.2) is 4.79 Å². The van der Waals surface area contributed by atoms with Crippen molar-refractivity contribution in [3.63, 3.8) is 0 Å². The Morgan fingerprint density at radius 1 is 1.10 bits per heavy atom. The summed E-state index contributed by atoms with van der Waals surface area (Å²) < 4.78 is 5.22. The number of rotatable bonds is 4. The number of nitrogens with one attached hydrogen (secondary N) is 1. The van der Waals surface area contributed by atoms with Crippen LogP contribution in [0.5, 0.6) is 5.75 Å². The summed E-state index contributed by atoms with van der Waals surface area (Å²) in [6.45, 7) is 4.58. The number of methoxy groups -OCH3 is 1. The van der Waals surface area contributed by atoms with Crippen LogP contribution in [0.2, 0.25) is 0 Å². The minimum Gasteiger partial charge on any atom is -0.497 e. The molecule has 2 heterocycles. The summed E-state index contributed by atoms with van der Waals surface area (Å²) in [6, 6.07) is 7.48. The van der Waals surface area contributed by atoms with Gasteiger partial charge in [0.15, 0.2) is 0 Å². The molecule has 1 N–H and O–H groups in total. The lowest BCUT2D eigenvalue weighted by atomic mass is 9.73. The van der Waals surface area contributed by atoms with E-state index in [1.807, 2.05) is 31.2 Å². The summed E-state index contributed by atoms with van der Waals surface area (Å²) in [7, 11) is 1.65. The zero-order chi connectivity index (χ0) is 22.0. The predicted molar refractivity (Wildman–Crippen MR) is 117 cm³/mol. The first-order chi connectivity index (χ1) is 14.9. The van der Waals surface area contributed by atoms with Gasteiger partial charge in [-0.2, -0.15) is 0 Å². The van der Waals surface area contributed by atoms with E-state index in [-0.39, 0.29) is 24.3 Å². The van der Waals surface area contributed by atoms with Gasteiger partial charge in [0.2, 0.25) is 5.91 Å². The first-order valence-electron chi connectivity index (χ1n) is 11.3. The Kier molecular flexibility index (Phi) is 6.07. The third-order valence-electron chi connectivity index (χ3n) is 7.08. The van der Waals surface area contributed by atoms with E-state index in [1.165, 1.54) is 0 Å². The fraction of sp³-hybridized carbons (Fsp3) is 0.609. The van der Waals surface area contributed by atoms with Crippen molar-refractivity contribution in [1.82, 2.24) is 15.1 Å². The Balaban J connectivity index is 1.37. The van der Waals surface area contributed by atoms with Crippen LogP contribution in [0.25, 0.3) is 0 Å². The molecule has 4 rings (SSSR count). The molecule has 2 unspecified atom stereocenters. The summed E-state index contributed by atoms with van der Waals surface area (Å²) >= 11 is 0. The number of nitrogens with zero attached hydrogens (tertiary/aromatic N) is 3. The molecule has 0 radical (unpaired) electrons. The van der Waals surface area contributed by atoms with Crippen LogP contribution >= 0.6 is 0 Å². The molecular weight excluding hydrogens is 396 g/mol. The number of urea groups is 1. The maximum atomic E-state index is 13.1. The number of anilines is 1. The summed E-state index contributed by atoms with van der Waals surface area (Å²) in [6.07, 6.45) is 4.40. The van der Waals surface area contributed by atoms with Gasteiger partial charge in [0.25, 0.3) is 5.91 Å². The van der Waals surface area contributed by atoms with Crippen LogP contribution in [0.1, 0.15) is 39.0 Å². The van der Waals surface area contributed by atoms with Crippen molar-refractivity contribution in [2.75, 3.05) is 44.7 Å². The van der Waals surface area contributed by atoms with Gasteiger partial charge in [-0.05, 0) is 49.4 Å². The number of carbonyl (C=O) groups is 3. The number of benzene rings is 1. The Morgan fingerprint density at radius 3 is 2.58 bits per heavy atom. The van der Waals surface area contributed by atoms with Gasteiger partial charge in [0.05, 0.1) is 7.11 Å². The van der Waals surface area contributed by atoms with E-state index >= 15 is 0 Å². The molecule has 3 aliphatic rings. The lowest BCUT2D eigenvalue weighted by Crippen LogP contribution is -2.54. The van der Waals surface area contributed by atoms with Crippen LogP contribution < -0.4 is 15.0 Å². The van der Waals surface area contributed by atoms with E-state index in [2.05, 4.69) is 10.2 Å². The minimum absolute atomic E-state index is 0.0917. The molecule has 8 nitrogen and oxygen atoms in total. The molecule has 1 saturated carbocycles. The van der Waals surface area contributed by atoms with Crippen LogP contribution in [-0.2, 0) is 9.59 Å². The molecule has 2 saturated heterocycles. The lowest BCUT2D eigenvalue weighted by Gasteiger charge is -2.36. The van der Waals surface area contributed by atoms with Crippen molar-refractivity contribution in [2.24, 2.45) is 5.92 Å². The number of amides is 4. The monoisotopic (exact) mass is 428 g/mol. The fourth-order valence-corrected chi connectivity index (χ4v) is 5.09. The minimum atomic E-state index is -0.820. The SMILES string of the molecule is COc1ccc(N2CCCN(C(=O)CN3C(=O)NC4(CCCCC4C)C3=O)CC2)cc1. The van der Waals surface area contributed by atoms with E-state index in [9.17, 15) is 14.4 Å². The first-order valence-corrected chi connectivity index (χ1v) is 11.3. The van der Waals surface area contributed by atoms with Crippen LogP contribution in [0, 0.1) is 5.92 Å². The van der Waals surface area contributed by atoms with Gasteiger partial charge < -0.3 is 19.9 Å². The molecule has 2 aliphatic heterocycles. The van der Waals surface area contributed by atoms with E-state index in [0.717, 1.165) is 48.6 Å². The van der Waals surface area contributed by atoms with Gasteiger partial charge in [-0.3, -0.25) is 14.5 Å². The molecule has 2 atom stereocenters. The normalized spacial score (nSPS) is 26.8. The van der Waals surface area contributed by atoms with Crippen LogP contribution in [-0.4, -0.2) is 73.0 Å². The van der Waals surface area contributed by atoms with E-state index in [0.29, 0.717) is 26.1 Å². The second-order valence-electron chi connectivity index (χ2n) is 8.86. The predicted octanol–water partition coefficient (Wildman–Crippen LogP) is 2.23. The van der Waals surface area contributed by atoms with E-state index < -0.39 is 11.6 Å². The zero-order valence-electron chi connectivity index (χ0n) is 18.4. The largest absolute Gasteiger partial charge is 0.497 e. The molecular formula is C23H32N4O4. The van der Waals surface area contributed by atoms with Crippen LogP contribution in [0.15, 0.2) is 24.3 Å². The maximum absolute atomic E-state index is 13.1. The summed E-state index contributed by atoms with van der Waals surface area (Å²) in [5, 5.41) is 2.93. The molecule has 0 bridgehead atoms. The summed E-state index contributed by atoms with van der Waals surface area (Å²) in [5.74, 6) is 0.511. The number of hydrogen-bond acceptors (Lipinski definition) is 5. The molecule has 0 aromatic heterocycles. The van der Waals surface area contributed by atoms with Crippen molar-refractivity contribution in [2.45, 2.75) is 44.6 Å². The third kappa shape index (κ3) is 4.07. The molecule has 8 heteroatoms. The van der Waals surface area contributed by atoms with Crippen molar-refractivity contribution >= 4 is 23.5 Å². The Bertz CT molecular complexity index is 842. The molecule has 3 fully saturated rings. The number of hydrogen-bond donors (Lipinski definition) is 1. The number of ether oxygens (including phenoxy) is 1. The molecule has 1 aromatic carbocycles. The number of carbonyl (C=O) groups excluding carboxylic acids is 3. The molecule has 168 valence electrons. The second kappa shape index (κ2) is 8.77. The smallest absolute Gasteiger partial charge is 0.325 e. The Morgan fingerprint density at radius 2 is 1.87 bits per heavy atom. The van der Waals surface area contributed by atoms with Crippen molar-refractivity contribution in [3.8, 4) is 5.75 Å². The average molecular weight is 429 g/mol.